The summed E-state index contributed by atoms with van der Waals surface area (Å²) >= 11 is 15.0. The number of oxazole rings is 2. The maximum Gasteiger partial charge on any atom is 0.256 e. The van der Waals surface area contributed by atoms with Gasteiger partial charge in [0.1, 0.15) is 46.0 Å². The molecule has 0 aliphatic heterocycles. The third-order valence-corrected chi connectivity index (χ3v) is 13.2. The van der Waals surface area contributed by atoms with Gasteiger partial charge < -0.3 is 31.0 Å². The molecule has 0 aliphatic carbocycles. The van der Waals surface area contributed by atoms with Crippen LogP contribution < -0.4 is 22.8 Å². The van der Waals surface area contributed by atoms with E-state index in [1.807, 2.05) is 55.5 Å². The van der Waals surface area contributed by atoms with Gasteiger partial charge in [0.2, 0.25) is 11.8 Å². The molecule has 0 aliphatic rings. The highest BCUT2D eigenvalue weighted by molar-refractivity contribution is 7.15. The molecular formula is C51H33Cl2N15O3S. The molecule has 12 rings (SSSR count). The minimum Gasteiger partial charge on any atom is -0.439 e. The summed E-state index contributed by atoms with van der Waals surface area (Å²) in [6.07, 6.45) is 13.3. The Labute approximate surface area is 420 Å². The van der Waals surface area contributed by atoms with Crippen molar-refractivity contribution in [3.05, 3.63) is 165 Å². The predicted molar refractivity (Wildman–Crippen MR) is 277 cm³/mol. The Bertz CT molecular complexity index is 4210. The van der Waals surface area contributed by atoms with Crippen LogP contribution in [0, 0.1) is 6.92 Å². The molecule has 0 saturated carbocycles. The number of hydrogen-bond donors (Lipinski definition) is 4. The number of rotatable bonds is 10. The topological polar surface area (TPSA) is 279 Å². The molecule has 0 fully saturated rings. The van der Waals surface area contributed by atoms with E-state index in [9.17, 15) is 4.79 Å². The number of nitrogen functional groups attached to an aromatic ring is 3. The van der Waals surface area contributed by atoms with Crippen LogP contribution in [-0.4, -0.2) is 59.8 Å². The van der Waals surface area contributed by atoms with E-state index in [4.69, 9.17) is 54.2 Å². The van der Waals surface area contributed by atoms with E-state index >= 15 is 0 Å². The van der Waals surface area contributed by atoms with E-state index < -0.39 is 0 Å². The largest absolute Gasteiger partial charge is 0.439 e. The summed E-state index contributed by atoms with van der Waals surface area (Å²) in [6, 6.07) is 20.5. The summed E-state index contributed by atoms with van der Waals surface area (Å²) in [6.45, 7) is 1.92. The van der Waals surface area contributed by atoms with E-state index in [2.05, 4.69) is 54.8 Å². The Morgan fingerprint density at radius 3 is 2.01 bits per heavy atom. The lowest BCUT2D eigenvalue weighted by Gasteiger charge is -2.10. The van der Waals surface area contributed by atoms with Crippen molar-refractivity contribution in [3.8, 4) is 67.4 Å². The minimum absolute atomic E-state index is 0.154. The van der Waals surface area contributed by atoms with Crippen LogP contribution in [0.2, 0.25) is 10.0 Å². The molecule has 12 aromatic rings. The average Bonchev–Trinajstić information content (AvgIpc) is 4.16. The molecule has 0 bridgehead atoms. The third kappa shape index (κ3) is 8.36. The van der Waals surface area contributed by atoms with Crippen LogP contribution in [0.5, 0.6) is 0 Å². The molecule has 18 nitrogen and oxygen atoms in total. The van der Waals surface area contributed by atoms with Crippen molar-refractivity contribution in [2.45, 2.75) is 19.8 Å². The van der Waals surface area contributed by atoms with Crippen molar-refractivity contribution in [3.63, 3.8) is 0 Å². The highest BCUT2D eigenvalue weighted by Gasteiger charge is 2.22. The summed E-state index contributed by atoms with van der Waals surface area (Å²) in [5.41, 5.74) is 25.6. The second kappa shape index (κ2) is 17.7. The lowest BCUT2D eigenvalue weighted by molar-refractivity contribution is 0.515. The number of halogens is 2. The van der Waals surface area contributed by atoms with Gasteiger partial charge in [-0.15, -0.1) is 11.3 Å². The third-order valence-electron chi connectivity index (χ3n) is 11.7. The van der Waals surface area contributed by atoms with Crippen molar-refractivity contribution in [1.82, 2.24) is 59.8 Å². The zero-order valence-electron chi connectivity index (χ0n) is 37.4. The highest BCUT2D eigenvalue weighted by atomic mass is 35.5. The second-order valence-corrected chi connectivity index (χ2v) is 18.7. The Kier molecular flexibility index (Phi) is 10.9. The maximum atomic E-state index is 13.4. The fourth-order valence-electron chi connectivity index (χ4n) is 8.51. The Morgan fingerprint density at radius 1 is 0.583 bits per heavy atom. The van der Waals surface area contributed by atoms with Crippen LogP contribution in [-0.2, 0) is 12.8 Å². The zero-order chi connectivity index (χ0) is 49.2. The molecule has 3 aromatic carbocycles. The Balaban J connectivity index is 0.820. The summed E-state index contributed by atoms with van der Waals surface area (Å²) in [5.74, 6) is 2.04. The molecule has 9 heterocycles. The SMILES string of the molecule is Cc1ncc(-c2nc(N)cnc2-c2ccc3c(=O)[nH]c(Cc4ncc(-c5nc(N)cnc5-c5cc(Cl)c6ncc(Cc7cnc(-c8nc(N)cnc8-c8cc(Cl)c9ncccc9c8)o7)cc6c5)o4)cc3c2)s1. The molecule has 9 aromatic heterocycles. The number of nitrogens with one attached hydrogen (secondary N) is 1. The number of aryl methyl sites for hydroxylation is 1. The standard InChI is InChI=1S/C51H33Cl2N15O3S/c1-23-58-19-37(72-23)48-44(61-21-39(55)67-48)26-4-5-33-27(9-26)12-31(65-50(33)69)15-41-59-18-36(71-41)47-45(62-20-38(54)66-47)30-11-28-7-24(16-60-43(28)35(53)14-30)8-32-17-64-51(70-32)49-46(63-22-40(56)68-49)29-10-25-3-2-6-57-42(25)34(52)13-29/h2-7,9-14,16-22H,8,15H2,1H3,(H2,54,66)(H2,55,67)(H2,56,68)(H,65,69). The van der Waals surface area contributed by atoms with Crippen molar-refractivity contribution >= 4 is 84.6 Å². The van der Waals surface area contributed by atoms with Crippen molar-refractivity contribution in [2.24, 2.45) is 0 Å². The van der Waals surface area contributed by atoms with Crippen LogP contribution >= 0.6 is 34.5 Å². The van der Waals surface area contributed by atoms with Crippen LogP contribution in [0.3, 0.4) is 0 Å². The van der Waals surface area contributed by atoms with Gasteiger partial charge in [0.25, 0.3) is 5.56 Å². The Morgan fingerprint density at radius 2 is 1.26 bits per heavy atom. The first-order chi connectivity index (χ1) is 35.0. The van der Waals surface area contributed by atoms with E-state index in [0.29, 0.717) is 107 Å². The molecule has 0 saturated heterocycles. The number of H-pyrrole nitrogens is 1. The van der Waals surface area contributed by atoms with Crippen LogP contribution in [0.15, 0.2) is 130 Å². The number of thiazole rings is 1. The number of nitrogens with zero attached hydrogens (tertiary/aromatic N) is 11. The molecule has 0 unspecified atom stereocenters. The van der Waals surface area contributed by atoms with Gasteiger partial charge in [-0.2, -0.15) is 0 Å². The first-order valence-corrected chi connectivity index (χ1v) is 23.5. The van der Waals surface area contributed by atoms with E-state index in [1.54, 1.807) is 49.2 Å². The van der Waals surface area contributed by atoms with Crippen molar-refractivity contribution in [2.75, 3.05) is 17.2 Å². The molecule has 21 heteroatoms. The average molecular weight is 1010 g/mol. The molecule has 72 heavy (non-hydrogen) atoms. The fraction of sp³-hybridized carbons (Fsp3) is 0.0588. The van der Waals surface area contributed by atoms with E-state index in [1.165, 1.54) is 29.9 Å². The smallest absolute Gasteiger partial charge is 0.256 e. The number of pyridine rings is 3. The molecule has 0 spiro atoms. The fourth-order valence-corrected chi connectivity index (χ4v) is 9.83. The molecule has 350 valence electrons. The number of anilines is 3. The van der Waals surface area contributed by atoms with E-state index in [0.717, 1.165) is 31.8 Å². The number of aromatic nitrogens is 12. The van der Waals surface area contributed by atoms with Gasteiger partial charge >= 0.3 is 0 Å². The summed E-state index contributed by atoms with van der Waals surface area (Å²) in [7, 11) is 0. The predicted octanol–water partition coefficient (Wildman–Crippen LogP) is 9.97. The van der Waals surface area contributed by atoms with Crippen LogP contribution in [0.4, 0.5) is 17.5 Å². The summed E-state index contributed by atoms with van der Waals surface area (Å²) in [5, 5.41) is 4.49. The molecule has 0 amide bonds. The summed E-state index contributed by atoms with van der Waals surface area (Å²) < 4.78 is 12.6. The molecular weight excluding hydrogens is 974 g/mol. The van der Waals surface area contributed by atoms with Gasteiger partial charge in [0.05, 0.1) is 74.1 Å². The lowest BCUT2D eigenvalue weighted by atomic mass is 10.0. The van der Waals surface area contributed by atoms with E-state index in [-0.39, 0.29) is 35.3 Å². The first kappa shape index (κ1) is 44.2. The lowest BCUT2D eigenvalue weighted by Crippen LogP contribution is -2.10. The highest BCUT2D eigenvalue weighted by Crippen LogP contribution is 2.38. The number of hydrogen-bond acceptors (Lipinski definition) is 18. The normalized spacial score (nSPS) is 11.6. The Hall–Kier alpha value is -9.04. The number of aromatic amines is 1. The van der Waals surface area contributed by atoms with Gasteiger partial charge in [-0.05, 0) is 72.5 Å². The molecule has 7 N–H and O–H groups in total. The molecule has 0 atom stereocenters. The minimum atomic E-state index is -0.272. The number of benzene rings is 3. The van der Waals surface area contributed by atoms with Crippen LogP contribution in [0.1, 0.15) is 27.9 Å². The second-order valence-electron chi connectivity index (χ2n) is 16.7. The van der Waals surface area contributed by atoms with Gasteiger partial charge in [0, 0.05) is 63.6 Å². The van der Waals surface area contributed by atoms with Gasteiger partial charge in [0.15, 0.2) is 11.5 Å². The quantitative estimate of drug-likeness (QED) is 0.0991. The first-order valence-electron chi connectivity index (χ1n) is 22.0. The van der Waals surface area contributed by atoms with Gasteiger partial charge in [-0.3, -0.25) is 19.7 Å². The maximum absolute atomic E-state index is 13.4. The van der Waals surface area contributed by atoms with Crippen molar-refractivity contribution in [1.29, 1.82) is 0 Å². The van der Waals surface area contributed by atoms with Gasteiger partial charge in [-0.25, -0.2) is 39.9 Å². The number of nitrogens with two attached hydrogens (primary N) is 3. The zero-order valence-corrected chi connectivity index (χ0v) is 39.8. The van der Waals surface area contributed by atoms with Gasteiger partial charge in [-0.1, -0.05) is 35.3 Å². The van der Waals surface area contributed by atoms with Crippen molar-refractivity contribution < 1.29 is 8.83 Å². The summed E-state index contributed by atoms with van der Waals surface area (Å²) in [4.78, 5) is 67.5. The van der Waals surface area contributed by atoms with Crippen LogP contribution in [0.25, 0.3) is 100.0 Å². The monoisotopic (exact) mass is 1010 g/mol. The molecule has 0 radical (unpaired) electrons. The number of fused-ring (bicyclic) bond motifs is 3.